The molecule has 104 valence electrons. The molecule has 3 N–H and O–H groups in total. The number of amides is 2. The van der Waals surface area contributed by atoms with Crippen molar-refractivity contribution in [3.63, 3.8) is 0 Å². The fraction of sp³-hybridized carbons (Fsp3) is 0.462. The van der Waals surface area contributed by atoms with Crippen LogP contribution in [0.5, 0.6) is 0 Å². The summed E-state index contributed by atoms with van der Waals surface area (Å²) in [5.41, 5.74) is 0.920. The molecule has 0 radical (unpaired) electrons. The summed E-state index contributed by atoms with van der Waals surface area (Å²) in [7, 11) is 0. The van der Waals surface area contributed by atoms with Crippen molar-refractivity contribution in [1.29, 1.82) is 0 Å². The van der Waals surface area contributed by atoms with Crippen molar-refractivity contribution in [2.75, 3.05) is 13.1 Å². The lowest BCUT2D eigenvalue weighted by Crippen LogP contribution is -2.42. The van der Waals surface area contributed by atoms with Crippen LogP contribution >= 0.6 is 23.2 Å². The Morgan fingerprint density at radius 2 is 2.16 bits per heavy atom. The molecular formula is C13H17Cl2N3O. The van der Waals surface area contributed by atoms with Gasteiger partial charge in [-0.3, -0.25) is 0 Å². The Balaban J connectivity index is 1.71. The molecule has 0 aliphatic carbocycles. The first kappa shape index (κ1) is 14.4. The highest BCUT2D eigenvalue weighted by Crippen LogP contribution is 2.22. The van der Waals surface area contributed by atoms with E-state index in [0.29, 0.717) is 29.2 Å². The summed E-state index contributed by atoms with van der Waals surface area (Å²) in [6, 6.07) is 5.55. The van der Waals surface area contributed by atoms with Crippen LogP contribution in [0.15, 0.2) is 18.2 Å². The molecular weight excluding hydrogens is 285 g/mol. The summed E-state index contributed by atoms with van der Waals surface area (Å²) in [6.07, 6.45) is 2.30. The van der Waals surface area contributed by atoms with Crippen molar-refractivity contribution in [2.45, 2.75) is 25.4 Å². The molecule has 0 aromatic heterocycles. The summed E-state index contributed by atoms with van der Waals surface area (Å²) >= 11 is 11.7. The number of hydrogen-bond donors (Lipinski definition) is 3. The summed E-state index contributed by atoms with van der Waals surface area (Å²) in [4.78, 5) is 11.6. The van der Waals surface area contributed by atoms with E-state index < -0.39 is 0 Å². The summed E-state index contributed by atoms with van der Waals surface area (Å²) in [5.74, 6) is 0. The van der Waals surface area contributed by atoms with Crippen molar-refractivity contribution in [1.82, 2.24) is 16.0 Å². The van der Waals surface area contributed by atoms with Gasteiger partial charge in [0.25, 0.3) is 0 Å². The van der Waals surface area contributed by atoms with Crippen LogP contribution in [0.4, 0.5) is 4.79 Å². The topological polar surface area (TPSA) is 53.2 Å². The van der Waals surface area contributed by atoms with Crippen LogP contribution in [-0.2, 0) is 6.54 Å². The lowest BCUT2D eigenvalue weighted by atomic mass is 10.2. The molecule has 1 aromatic carbocycles. The second-order valence-corrected chi connectivity index (χ2v) is 5.42. The Bertz CT molecular complexity index is 448. The number of benzene rings is 1. The van der Waals surface area contributed by atoms with Crippen LogP contribution in [0.1, 0.15) is 18.4 Å². The van der Waals surface area contributed by atoms with Gasteiger partial charge < -0.3 is 16.0 Å². The molecule has 1 atom stereocenters. The first-order chi connectivity index (χ1) is 9.15. The minimum Gasteiger partial charge on any atom is -0.337 e. The molecule has 1 aromatic rings. The maximum absolute atomic E-state index is 11.6. The molecule has 1 fully saturated rings. The predicted octanol–water partition coefficient (Wildman–Crippen LogP) is 2.54. The molecule has 2 amide bonds. The van der Waals surface area contributed by atoms with Gasteiger partial charge in [0.2, 0.25) is 0 Å². The molecule has 0 spiro atoms. The van der Waals surface area contributed by atoms with Crippen molar-refractivity contribution in [2.24, 2.45) is 0 Å². The van der Waals surface area contributed by atoms with E-state index in [0.717, 1.165) is 18.5 Å². The molecule has 0 unspecified atom stereocenters. The third kappa shape index (κ3) is 4.56. The lowest BCUT2D eigenvalue weighted by molar-refractivity contribution is 0.239. The van der Waals surface area contributed by atoms with Gasteiger partial charge in [-0.2, -0.15) is 0 Å². The molecule has 4 nitrogen and oxygen atoms in total. The van der Waals surface area contributed by atoms with Crippen LogP contribution in [0, 0.1) is 0 Å². The molecule has 1 aliphatic rings. The van der Waals surface area contributed by atoms with E-state index in [1.807, 2.05) is 6.07 Å². The fourth-order valence-corrected chi connectivity index (χ4v) is 2.36. The molecule has 6 heteroatoms. The zero-order chi connectivity index (χ0) is 13.7. The highest BCUT2D eigenvalue weighted by molar-refractivity contribution is 6.42. The number of rotatable bonds is 4. The fourth-order valence-electron chi connectivity index (χ4n) is 2.04. The summed E-state index contributed by atoms with van der Waals surface area (Å²) in [5, 5.41) is 9.98. The van der Waals surface area contributed by atoms with Crippen LogP contribution in [0.25, 0.3) is 0 Å². The normalized spacial score (nSPS) is 18.3. The van der Waals surface area contributed by atoms with Gasteiger partial charge in [0, 0.05) is 19.1 Å². The Labute approximate surface area is 122 Å². The highest BCUT2D eigenvalue weighted by Gasteiger charge is 2.14. The van der Waals surface area contributed by atoms with Gasteiger partial charge in [-0.25, -0.2) is 4.79 Å². The highest BCUT2D eigenvalue weighted by atomic mass is 35.5. The van der Waals surface area contributed by atoms with Crippen LogP contribution < -0.4 is 16.0 Å². The standard InChI is InChI=1S/C13H17Cl2N3O/c14-11-4-3-9(6-12(11)15)7-17-13(19)18-8-10-2-1-5-16-10/h3-4,6,10,16H,1-2,5,7-8H2,(H2,17,18,19)/t10-/m0/s1. The van der Waals surface area contributed by atoms with Crippen LogP contribution in [0.3, 0.4) is 0 Å². The lowest BCUT2D eigenvalue weighted by Gasteiger charge is -2.12. The summed E-state index contributed by atoms with van der Waals surface area (Å²) in [6.45, 7) is 2.13. The number of hydrogen-bond acceptors (Lipinski definition) is 2. The van der Waals surface area contributed by atoms with Crippen LogP contribution in [0.2, 0.25) is 10.0 Å². The van der Waals surface area contributed by atoms with Gasteiger partial charge >= 0.3 is 6.03 Å². The smallest absolute Gasteiger partial charge is 0.315 e. The Hall–Kier alpha value is -0.970. The third-order valence-electron chi connectivity index (χ3n) is 3.11. The molecule has 1 aliphatic heterocycles. The van der Waals surface area contributed by atoms with E-state index in [4.69, 9.17) is 23.2 Å². The van der Waals surface area contributed by atoms with Crippen molar-refractivity contribution in [3.8, 4) is 0 Å². The average molecular weight is 302 g/mol. The zero-order valence-electron chi connectivity index (χ0n) is 10.5. The second-order valence-electron chi connectivity index (χ2n) is 4.61. The van der Waals surface area contributed by atoms with Crippen LogP contribution in [-0.4, -0.2) is 25.2 Å². The van der Waals surface area contributed by atoms with Gasteiger partial charge in [0.05, 0.1) is 10.0 Å². The maximum Gasteiger partial charge on any atom is 0.315 e. The predicted molar refractivity (Wildman–Crippen MR) is 77.7 cm³/mol. The van der Waals surface area contributed by atoms with Gasteiger partial charge in [-0.1, -0.05) is 29.3 Å². The molecule has 0 saturated carbocycles. The van der Waals surface area contributed by atoms with E-state index in [1.54, 1.807) is 12.1 Å². The zero-order valence-corrected chi connectivity index (χ0v) is 12.0. The van der Waals surface area contributed by atoms with E-state index in [2.05, 4.69) is 16.0 Å². The van der Waals surface area contributed by atoms with Gasteiger partial charge in [-0.05, 0) is 37.1 Å². The first-order valence-corrected chi connectivity index (χ1v) is 7.10. The first-order valence-electron chi connectivity index (χ1n) is 6.34. The average Bonchev–Trinajstić information content (AvgIpc) is 2.91. The van der Waals surface area contributed by atoms with E-state index in [9.17, 15) is 4.79 Å². The number of carbonyl (C=O) groups excluding carboxylic acids is 1. The second kappa shape index (κ2) is 6.98. The molecule has 1 saturated heterocycles. The molecule has 19 heavy (non-hydrogen) atoms. The van der Waals surface area contributed by atoms with Gasteiger partial charge in [-0.15, -0.1) is 0 Å². The number of urea groups is 1. The van der Waals surface area contributed by atoms with Gasteiger partial charge in [0.1, 0.15) is 0 Å². The number of carbonyl (C=O) groups is 1. The number of halogens is 2. The largest absolute Gasteiger partial charge is 0.337 e. The third-order valence-corrected chi connectivity index (χ3v) is 3.85. The van der Waals surface area contributed by atoms with Crippen molar-refractivity contribution < 1.29 is 4.79 Å². The van der Waals surface area contributed by atoms with E-state index in [1.165, 1.54) is 6.42 Å². The Morgan fingerprint density at radius 3 is 2.84 bits per heavy atom. The van der Waals surface area contributed by atoms with Gasteiger partial charge in [0.15, 0.2) is 0 Å². The van der Waals surface area contributed by atoms with E-state index >= 15 is 0 Å². The minimum atomic E-state index is -0.167. The quantitative estimate of drug-likeness (QED) is 0.800. The maximum atomic E-state index is 11.6. The Kier molecular flexibility index (Phi) is 5.31. The molecule has 1 heterocycles. The minimum absolute atomic E-state index is 0.167. The van der Waals surface area contributed by atoms with Crippen molar-refractivity contribution in [3.05, 3.63) is 33.8 Å². The Morgan fingerprint density at radius 1 is 1.32 bits per heavy atom. The molecule has 0 bridgehead atoms. The summed E-state index contributed by atoms with van der Waals surface area (Å²) < 4.78 is 0. The molecule has 2 rings (SSSR count). The monoisotopic (exact) mass is 301 g/mol. The number of nitrogens with one attached hydrogen (secondary N) is 3. The SMILES string of the molecule is O=C(NCc1ccc(Cl)c(Cl)c1)NC[C@@H]1CCCN1. The van der Waals surface area contributed by atoms with E-state index in [-0.39, 0.29) is 6.03 Å². The van der Waals surface area contributed by atoms with Crippen molar-refractivity contribution >= 4 is 29.2 Å².